The second-order valence-corrected chi connectivity index (χ2v) is 6.21. The van der Waals surface area contributed by atoms with Crippen molar-refractivity contribution < 1.29 is 4.79 Å². The molecule has 110 valence electrons. The van der Waals surface area contributed by atoms with Crippen LogP contribution in [0.15, 0.2) is 24.3 Å². The van der Waals surface area contributed by atoms with Gasteiger partial charge in [0.2, 0.25) is 0 Å². The number of carbonyl (C=O) groups excluding carboxylic acids is 1. The first-order valence-electron chi connectivity index (χ1n) is 7.35. The third-order valence-electron chi connectivity index (χ3n) is 3.94. The van der Waals surface area contributed by atoms with Crippen molar-refractivity contribution in [3.63, 3.8) is 0 Å². The van der Waals surface area contributed by atoms with Gasteiger partial charge in [-0.25, -0.2) is 0 Å². The Hall–Kier alpha value is -1.06. The summed E-state index contributed by atoms with van der Waals surface area (Å²) in [4.78, 5) is 14.6. The van der Waals surface area contributed by atoms with Gasteiger partial charge in [0.05, 0.1) is 0 Å². The van der Waals surface area contributed by atoms with E-state index in [1.807, 2.05) is 0 Å². The van der Waals surface area contributed by atoms with Crippen molar-refractivity contribution in [1.29, 1.82) is 0 Å². The second kappa shape index (κ2) is 7.09. The van der Waals surface area contributed by atoms with Crippen molar-refractivity contribution in [2.75, 3.05) is 19.6 Å². The molecular formula is C16H23ClN2O. The average molecular weight is 295 g/mol. The number of nitrogens with zero attached hydrogens (tertiary/aromatic N) is 1. The minimum atomic E-state index is -0.0441. The SMILES string of the molecule is CC(C)C(CNC(=O)c1cccc(Cl)c1)N1CCCC1. The molecule has 0 bridgehead atoms. The van der Waals surface area contributed by atoms with Crippen LogP contribution in [0.3, 0.4) is 0 Å². The Morgan fingerprint density at radius 3 is 2.65 bits per heavy atom. The number of rotatable bonds is 5. The van der Waals surface area contributed by atoms with Gasteiger partial charge in [0, 0.05) is 23.2 Å². The van der Waals surface area contributed by atoms with Crippen molar-refractivity contribution in [3.05, 3.63) is 34.9 Å². The first-order chi connectivity index (χ1) is 9.58. The number of hydrogen-bond acceptors (Lipinski definition) is 2. The van der Waals surface area contributed by atoms with Crippen LogP contribution in [0.25, 0.3) is 0 Å². The summed E-state index contributed by atoms with van der Waals surface area (Å²) in [6, 6.07) is 7.50. The first-order valence-corrected chi connectivity index (χ1v) is 7.73. The Morgan fingerprint density at radius 2 is 2.05 bits per heavy atom. The summed E-state index contributed by atoms with van der Waals surface area (Å²) in [5.41, 5.74) is 0.626. The molecule has 1 amide bonds. The van der Waals surface area contributed by atoms with E-state index in [9.17, 15) is 4.79 Å². The fourth-order valence-corrected chi connectivity index (χ4v) is 2.98. The molecule has 1 aromatic carbocycles. The highest BCUT2D eigenvalue weighted by Gasteiger charge is 2.24. The highest BCUT2D eigenvalue weighted by molar-refractivity contribution is 6.30. The first kappa shape index (κ1) is 15.3. The molecule has 1 fully saturated rings. The summed E-state index contributed by atoms with van der Waals surface area (Å²) in [7, 11) is 0. The fourth-order valence-electron chi connectivity index (χ4n) is 2.79. The van der Waals surface area contributed by atoms with Crippen molar-refractivity contribution in [3.8, 4) is 0 Å². The second-order valence-electron chi connectivity index (χ2n) is 5.77. The molecule has 0 radical (unpaired) electrons. The molecule has 1 atom stereocenters. The molecule has 1 heterocycles. The van der Waals surface area contributed by atoms with E-state index in [2.05, 4.69) is 24.1 Å². The molecule has 0 saturated carbocycles. The van der Waals surface area contributed by atoms with Gasteiger partial charge in [0.15, 0.2) is 0 Å². The van der Waals surface area contributed by atoms with Gasteiger partial charge in [0.1, 0.15) is 0 Å². The Balaban J connectivity index is 1.93. The molecule has 2 rings (SSSR count). The van der Waals surface area contributed by atoms with Crippen LogP contribution in [0.1, 0.15) is 37.0 Å². The van der Waals surface area contributed by atoms with Gasteiger partial charge in [-0.2, -0.15) is 0 Å². The van der Waals surface area contributed by atoms with Gasteiger partial charge >= 0.3 is 0 Å². The van der Waals surface area contributed by atoms with Crippen molar-refractivity contribution in [1.82, 2.24) is 10.2 Å². The Kier molecular flexibility index (Phi) is 5.44. The molecule has 1 N–H and O–H groups in total. The molecule has 1 aromatic rings. The smallest absolute Gasteiger partial charge is 0.251 e. The molecule has 20 heavy (non-hydrogen) atoms. The molecule has 4 heteroatoms. The van der Waals surface area contributed by atoms with Gasteiger partial charge in [-0.15, -0.1) is 0 Å². The van der Waals surface area contributed by atoms with Gasteiger partial charge in [-0.05, 0) is 50.0 Å². The van der Waals surface area contributed by atoms with Crippen LogP contribution < -0.4 is 5.32 Å². The normalized spacial score (nSPS) is 17.4. The van der Waals surface area contributed by atoms with E-state index in [4.69, 9.17) is 11.6 Å². The Bertz CT molecular complexity index is 456. The molecule has 3 nitrogen and oxygen atoms in total. The molecular weight excluding hydrogens is 272 g/mol. The number of likely N-dealkylation sites (tertiary alicyclic amines) is 1. The van der Waals surface area contributed by atoms with Crippen molar-refractivity contribution >= 4 is 17.5 Å². The zero-order chi connectivity index (χ0) is 14.5. The topological polar surface area (TPSA) is 32.3 Å². The van der Waals surface area contributed by atoms with Crippen LogP contribution in [0.5, 0.6) is 0 Å². The maximum Gasteiger partial charge on any atom is 0.251 e. The van der Waals surface area contributed by atoms with Crippen molar-refractivity contribution in [2.45, 2.75) is 32.7 Å². The number of benzene rings is 1. The zero-order valence-corrected chi connectivity index (χ0v) is 13.0. The van der Waals surface area contributed by atoms with E-state index >= 15 is 0 Å². The van der Waals surface area contributed by atoms with E-state index in [0.717, 1.165) is 13.1 Å². The monoisotopic (exact) mass is 294 g/mol. The van der Waals surface area contributed by atoms with Crippen LogP contribution in [-0.4, -0.2) is 36.5 Å². The molecule has 0 aromatic heterocycles. The summed E-state index contributed by atoms with van der Waals surface area (Å²) in [6.07, 6.45) is 2.54. The summed E-state index contributed by atoms with van der Waals surface area (Å²) < 4.78 is 0. The largest absolute Gasteiger partial charge is 0.350 e. The Morgan fingerprint density at radius 1 is 1.35 bits per heavy atom. The van der Waals surface area contributed by atoms with Crippen LogP contribution in [-0.2, 0) is 0 Å². The third kappa shape index (κ3) is 3.97. The third-order valence-corrected chi connectivity index (χ3v) is 4.17. The lowest BCUT2D eigenvalue weighted by Gasteiger charge is -2.31. The number of hydrogen-bond donors (Lipinski definition) is 1. The molecule has 0 aliphatic carbocycles. The molecule has 0 spiro atoms. The number of nitrogens with one attached hydrogen (secondary N) is 1. The van der Waals surface area contributed by atoms with Gasteiger partial charge in [-0.3, -0.25) is 9.69 Å². The average Bonchev–Trinajstić information content (AvgIpc) is 2.92. The summed E-state index contributed by atoms with van der Waals surface area (Å²) in [6.45, 7) is 7.43. The van der Waals surface area contributed by atoms with E-state index in [1.165, 1.54) is 12.8 Å². The lowest BCUT2D eigenvalue weighted by Crippen LogP contribution is -2.45. The lowest BCUT2D eigenvalue weighted by atomic mass is 10.0. The summed E-state index contributed by atoms with van der Waals surface area (Å²) in [5, 5.41) is 3.64. The van der Waals surface area contributed by atoms with Gasteiger partial charge < -0.3 is 5.32 Å². The number of amides is 1. The zero-order valence-electron chi connectivity index (χ0n) is 12.2. The predicted octanol–water partition coefficient (Wildman–Crippen LogP) is 3.19. The summed E-state index contributed by atoms with van der Waals surface area (Å²) >= 11 is 5.92. The van der Waals surface area contributed by atoms with Gasteiger partial charge in [-0.1, -0.05) is 31.5 Å². The summed E-state index contributed by atoms with van der Waals surface area (Å²) in [5.74, 6) is 0.491. The van der Waals surface area contributed by atoms with Crippen LogP contribution in [0, 0.1) is 5.92 Å². The maximum atomic E-state index is 12.2. The predicted molar refractivity (Wildman–Crippen MR) is 83.2 cm³/mol. The standard InChI is InChI=1S/C16H23ClN2O/c1-12(2)15(19-8-3-4-9-19)11-18-16(20)13-6-5-7-14(17)10-13/h5-7,10,12,15H,3-4,8-9,11H2,1-2H3,(H,18,20). The van der Waals surface area contributed by atoms with E-state index < -0.39 is 0 Å². The van der Waals surface area contributed by atoms with E-state index in [1.54, 1.807) is 24.3 Å². The minimum absolute atomic E-state index is 0.0441. The molecule has 1 unspecified atom stereocenters. The molecule has 1 saturated heterocycles. The maximum absolute atomic E-state index is 12.2. The van der Waals surface area contributed by atoms with Crippen LogP contribution in [0.2, 0.25) is 5.02 Å². The quantitative estimate of drug-likeness (QED) is 0.904. The van der Waals surface area contributed by atoms with E-state index in [0.29, 0.717) is 29.1 Å². The van der Waals surface area contributed by atoms with Crippen molar-refractivity contribution in [2.24, 2.45) is 5.92 Å². The molecule has 1 aliphatic heterocycles. The van der Waals surface area contributed by atoms with E-state index in [-0.39, 0.29) is 5.91 Å². The fraction of sp³-hybridized carbons (Fsp3) is 0.562. The highest BCUT2D eigenvalue weighted by Crippen LogP contribution is 2.17. The van der Waals surface area contributed by atoms with Crippen LogP contribution >= 0.6 is 11.6 Å². The van der Waals surface area contributed by atoms with Gasteiger partial charge in [0.25, 0.3) is 5.91 Å². The lowest BCUT2D eigenvalue weighted by molar-refractivity contribution is 0.0927. The number of carbonyl (C=O) groups is 1. The molecule has 1 aliphatic rings. The minimum Gasteiger partial charge on any atom is -0.350 e. The Labute approximate surface area is 126 Å². The number of halogens is 1. The highest BCUT2D eigenvalue weighted by atomic mass is 35.5. The van der Waals surface area contributed by atoms with Crippen LogP contribution in [0.4, 0.5) is 0 Å².